The molecule has 0 N–H and O–H groups in total. The van der Waals surface area contributed by atoms with Gasteiger partial charge in [0.2, 0.25) is 0 Å². The van der Waals surface area contributed by atoms with Gasteiger partial charge in [0.05, 0.1) is 6.16 Å². The highest BCUT2D eigenvalue weighted by Gasteiger charge is 2.45. The van der Waals surface area contributed by atoms with Crippen molar-refractivity contribution >= 4 is 29.1 Å². The van der Waals surface area contributed by atoms with E-state index >= 15 is 0 Å². The molecule has 0 radical (unpaired) electrons. The van der Waals surface area contributed by atoms with Gasteiger partial charge < -0.3 is 21.9 Å². The first-order valence-electron chi connectivity index (χ1n) is 12.4. The Labute approximate surface area is 227 Å². The summed E-state index contributed by atoms with van der Waals surface area (Å²) in [5.41, 5.74) is 1.99. The minimum atomic E-state index is -1.96. The molecule has 4 aromatic carbocycles. The first kappa shape index (κ1) is 27.8. The van der Waals surface area contributed by atoms with E-state index < -0.39 is 7.26 Å². The number of hydrogen-bond donors (Lipinski definition) is 0. The van der Waals surface area contributed by atoms with Crippen molar-refractivity contribution in [3.63, 3.8) is 0 Å². The molecule has 0 saturated heterocycles. The fraction of sp³-hybridized carbons (Fsp3) is 0.219. The van der Waals surface area contributed by atoms with Gasteiger partial charge in [-0.3, -0.25) is 4.79 Å². The van der Waals surface area contributed by atoms with Crippen LogP contribution >= 0.6 is 7.26 Å². The van der Waals surface area contributed by atoms with E-state index in [1.165, 1.54) is 21.5 Å². The number of hydrogen-bond acceptors (Lipinski definition) is 1. The Balaban J connectivity index is 0.00000361. The number of nitrogens with zero attached hydrogens (tertiary/aromatic N) is 1. The maximum Gasteiger partial charge on any atom is 0.254 e. The van der Waals surface area contributed by atoms with Gasteiger partial charge in [-0.25, -0.2) is 0 Å². The second-order valence-corrected chi connectivity index (χ2v) is 13.1. The number of carbonyl (C=O) groups excluding carboxylic acids is 1. The minimum Gasteiger partial charge on any atom is -1.00 e. The monoisotopic (exact) mass is 559 g/mol. The molecule has 0 saturated carbocycles. The van der Waals surface area contributed by atoms with Gasteiger partial charge in [-0.2, -0.15) is 0 Å². The molecule has 186 valence electrons. The predicted octanol–water partition coefficient (Wildman–Crippen LogP) is 3.44. The van der Waals surface area contributed by atoms with Gasteiger partial charge in [-0.1, -0.05) is 66.7 Å². The van der Waals surface area contributed by atoms with Crippen LogP contribution in [0.5, 0.6) is 0 Å². The van der Waals surface area contributed by atoms with Crippen molar-refractivity contribution in [1.29, 1.82) is 0 Å². The topological polar surface area (TPSA) is 20.3 Å². The lowest BCUT2D eigenvalue weighted by molar-refractivity contribution is -0.0000212. The van der Waals surface area contributed by atoms with Crippen LogP contribution in [0, 0.1) is 0 Å². The smallest absolute Gasteiger partial charge is 0.254 e. The van der Waals surface area contributed by atoms with E-state index in [2.05, 4.69) is 131 Å². The summed E-state index contributed by atoms with van der Waals surface area (Å²) in [6.07, 6.45) is 0.900. The molecule has 0 unspecified atom stereocenters. The molecule has 0 aliphatic rings. The maximum absolute atomic E-state index is 13.2. The van der Waals surface area contributed by atoms with Gasteiger partial charge in [0.1, 0.15) is 23.2 Å². The molecule has 0 aliphatic carbocycles. The van der Waals surface area contributed by atoms with Crippen molar-refractivity contribution in [2.75, 3.05) is 0 Å². The Morgan fingerprint density at radius 2 is 0.972 bits per heavy atom. The Hall–Kier alpha value is -2.74. The summed E-state index contributed by atoms with van der Waals surface area (Å²) in [6, 6.07) is 41.4. The van der Waals surface area contributed by atoms with Crippen LogP contribution in [0.25, 0.3) is 0 Å². The third-order valence-electron chi connectivity index (χ3n) is 6.56. The molecule has 4 rings (SSSR count). The Morgan fingerprint density at radius 3 is 1.31 bits per heavy atom. The van der Waals surface area contributed by atoms with Crippen molar-refractivity contribution in [2.24, 2.45) is 0 Å². The molecule has 0 fully saturated rings. The van der Waals surface area contributed by atoms with Crippen LogP contribution in [0.3, 0.4) is 0 Å². The summed E-state index contributed by atoms with van der Waals surface area (Å²) in [5.74, 6) is 0.0942. The number of carbonyl (C=O) groups is 1. The molecule has 0 bridgehead atoms. The van der Waals surface area contributed by atoms with Gasteiger partial charge in [-0.05, 0) is 81.8 Å². The molecule has 0 heterocycles. The highest BCUT2D eigenvalue weighted by atomic mass is 79.9. The molecule has 36 heavy (non-hydrogen) atoms. The van der Waals surface area contributed by atoms with E-state index in [1.54, 1.807) is 0 Å². The van der Waals surface area contributed by atoms with Gasteiger partial charge in [-0.15, -0.1) is 0 Å². The van der Waals surface area contributed by atoms with Crippen LogP contribution in [-0.2, 0) is 6.16 Å². The van der Waals surface area contributed by atoms with E-state index in [0.717, 1.165) is 11.7 Å². The number of rotatable bonds is 8. The third-order valence-corrected chi connectivity index (χ3v) is 10.9. The molecule has 2 nitrogen and oxygen atoms in total. The largest absolute Gasteiger partial charge is 1.00 e. The van der Waals surface area contributed by atoms with Crippen LogP contribution in [-0.4, -0.2) is 22.9 Å². The SMILES string of the molecule is CC(C)N(C(=O)c1ccc(C[P+](c2ccccc2)(c2ccccc2)c2ccccc2)cc1)C(C)C.[Br-]. The van der Waals surface area contributed by atoms with Gasteiger partial charge in [0, 0.05) is 17.6 Å². The van der Waals surface area contributed by atoms with E-state index in [0.29, 0.717) is 0 Å². The van der Waals surface area contributed by atoms with E-state index in [-0.39, 0.29) is 35.0 Å². The first-order valence-corrected chi connectivity index (χ1v) is 14.4. The molecule has 0 aliphatic heterocycles. The quantitative estimate of drug-likeness (QED) is 0.303. The predicted molar refractivity (Wildman–Crippen MR) is 152 cm³/mol. The molecule has 0 aromatic heterocycles. The molecule has 0 spiro atoms. The van der Waals surface area contributed by atoms with Crippen molar-refractivity contribution in [3.05, 3.63) is 126 Å². The van der Waals surface area contributed by atoms with Crippen molar-refractivity contribution in [3.8, 4) is 0 Å². The van der Waals surface area contributed by atoms with Crippen LogP contribution in [0.15, 0.2) is 115 Å². The zero-order chi connectivity index (χ0) is 24.8. The normalized spacial score (nSPS) is 11.3. The van der Waals surface area contributed by atoms with Crippen molar-refractivity contribution in [1.82, 2.24) is 4.90 Å². The van der Waals surface area contributed by atoms with Crippen LogP contribution in [0.2, 0.25) is 0 Å². The number of benzene rings is 4. The van der Waals surface area contributed by atoms with Crippen LogP contribution in [0.1, 0.15) is 43.6 Å². The number of halogens is 1. The summed E-state index contributed by atoms with van der Waals surface area (Å²) in [5, 5.41) is 4.09. The average molecular weight is 561 g/mol. The Morgan fingerprint density at radius 1 is 0.611 bits per heavy atom. The van der Waals surface area contributed by atoms with Crippen molar-refractivity contribution in [2.45, 2.75) is 45.9 Å². The summed E-state index contributed by atoms with van der Waals surface area (Å²) in [7, 11) is -1.96. The van der Waals surface area contributed by atoms with Gasteiger partial charge >= 0.3 is 0 Å². The molecular weight excluding hydrogens is 525 g/mol. The number of amides is 1. The lowest BCUT2D eigenvalue weighted by Gasteiger charge is -2.31. The van der Waals surface area contributed by atoms with E-state index in [4.69, 9.17) is 0 Å². The molecule has 0 atom stereocenters. The minimum absolute atomic E-state index is 0. The zero-order valence-electron chi connectivity index (χ0n) is 21.5. The zero-order valence-corrected chi connectivity index (χ0v) is 24.0. The molecule has 4 aromatic rings. The molecule has 1 amide bonds. The highest BCUT2D eigenvalue weighted by molar-refractivity contribution is 7.95. The molecule has 4 heteroatoms. The highest BCUT2D eigenvalue weighted by Crippen LogP contribution is 2.58. The second kappa shape index (κ2) is 12.5. The van der Waals surface area contributed by atoms with Gasteiger partial charge in [0.25, 0.3) is 5.91 Å². The lowest BCUT2D eigenvalue weighted by Crippen LogP contribution is -3.00. The summed E-state index contributed by atoms with van der Waals surface area (Å²) < 4.78 is 0. The average Bonchev–Trinajstić information content (AvgIpc) is 2.89. The molecular formula is C32H35BrNOP. The van der Waals surface area contributed by atoms with Crippen LogP contribution < -0.4 is 32.9 Å². The van der Waals surface area contributed by atoms with E-state index in [9.17, 15) is 4.79 Å². The standard InChI is InChI=1S/C32H35NOP.BrH/c1-25(2)33(26(3)4)32(34)28-22-20-27(21-23-28)24-35(29-14-8-5-9-15-29,30-16-10-6-11-17-30)31-18-12-7-13-19-31;/h5-23,25-26H,24H2,1-4H3;1H/q+1;/p-1. The van der Waals surface area contributed by atoms with Gasteiger partial charge in [0.15, 0.2) is 0 Å². The fourth-order valence-electron chi connectivity index (χ4n) is 5.01. The fourth-order valence-corrected chi connectivity index (χ4v) is 9.25. The summed E-state index contributed by atoms with van der Waals surface area (Å²) in [6.45, 7) is 8.30. The van der Waals surface area contributed by atoms with Crippen LogP contribution in [0.4, 0.5) is 0 Å². The maximum atomic E-state index is 13.2. The second-order valence-electron chi connectivity index (χ2n) is 9.57. The first-order chi connectivity index (χ1) is 16.9. The summed E-state index contributed by atoms with van der Waals surface area (Å²) in [4.78, 5) is 15.2. The Kier molecular flexibility index (Phi) is 9.65. The van der Waals surface area contributed by atoms with Crippen molar-refractivity contribution < 1.29 is 21.8 Å². The third kappa shape index (κ3) is 5.80. The van der Waals surface area contributed by atoms with E-state index in [1.807, 2.05) is 17.0 Å². The summed E-state index contributed by atoms with van der Waals surface area (Å²) >= 11 is 0. The Bertz CT molecular complexity index is 1120. The lowest BCUT2D eigenvalue weighted by atomic mass is 10.1.